The first-order valence-corrected chi connectivity index (χ1v) is 10.7. The van der Waals surface area contributed by atoms with Crippen molar-refractivity contribution in [3.05, 3.63) is 63.6 Å². The molecule has 1 saturated heterocycles. The maximum absolute atomic E-state index is 12.6. The summed E-state index contributed by atoms with van der Waals surface area (Å²) >= 11 is 0. The number of H-pyrrole nitrogens is 1. The van der Waals surface area contributed by atoms with Gasteiger partial charge in [0, 0.05) is 56.4 Å². The highest BCUT2D eigenvalue weighted by Gasteiger charge is 2.21. The van der Waals surface area contributed by atoms with Crippen LogP contribution < -0.4 is 15.8 Å². The van der Waals surface area contributed by atoms with Gasteiger partial charge >= 0.3 is 0 Å². The average Bonchev–Trinajstić information content (AvgIpc) is 2.80. The van der Waals surface area contributed by atoms with E-state index >= 15 is 0 Å². The molecule has 1 aromatic carbocycles. The Bertz CT molecular complexity index is 1100. The van der Waals surface area contributed by atoms with Gasteiger partial charge in [0.1, 0.15) is 5.82 Å². The zero-order valence-electron chi connectivity index (χ0n) is 17.0. The van der Waals surface area contributed by atoms with Crippen molar-refractivity contribution in [1.29, 1.82) is 0 Å². The van der Waals surface area contributed by atoms with Gasteiger partial charge in [-0.1, -0.05) is 12.1 Å². The number of hydrogen-bond donors (Lipinski definition) is 3. The number of rotatable bonds is 4. The average molecular weight is 406 g/mol. The molecule has 7 heteroatoms. The van der Waals surface area contributed by atoms with Gasteiger partial charge in [-0.05, 0) is 42.2 Å². The molecule has 2 aliphatic rings. The number of benzene rings is 1. The van der Waals surface area contributed by atoms with Crippen molar-refractivity contribution < 1.29 is 5.11 Å². The lowest BCUT2D eigenvalue weighted by molar-refractivity contribution is 0.249. The molecule has 4 heterocycles. The summed E-state index contributed by atoms with van der Waals surface area (Å²) in [6.07, 6.45) is 3.57. The summed E-state index contributed by atoms with van der Waals surface area (Å²) in [6.45, 7) is 5.39. The van der Waals surface area contributed by atoms with Crippen LogP contribution in [0.4, 0.5) is 11.5 Å². The van der Waals surface area contributed by atoms with Crippen LogP contribution in [0.1, 0.15) is 23.1 Å². The van der Waals surface area contributed by atoms with Crippen LogP contribution in [0.2, 0.25) is 0 Å². The highest BCUT2D eigenvalue weighted by Crippen LogP contribution is 2.31. The van der Waals surface area contributed by atoms with Crippen LogP contribution in [0.5, 0.6) is 0 Å². The fraction of sp³-hybridized carbons (Fsp3) is 0.391. The fourth-order valence-corrected chi connectivity index (χ4v) is 4.69. The predicted octanol–water partition coefficient (Wildman–Crippen LogP) is 2.10. The van der Waals surface area contributed by atoms with Gasteiger partial charge in [-0.25, -0.2) is 4.98 Å². The first kappa shape index (κ1) is 19.1. The summed E-state index contributed by atoms with van der Waals surface area (Å²) in [5.41, 5.74) is 4.48. The zero-order valence-corrected chi connectivity index (χ0v) is 17.0. The number of aliphatic hydroxyl groups is 1. The molecule has 0 spiro atoms. The number of fused-ring (bicyclic) bond motifs is 3. The van der Waals surface area contributed by atoms with E-state index in [1.807, 2.05) is 18.3 Å². The molecule has 0 saturated carbocycles. The largest absolute Gasteiger partial charge is 0.392 e. The van der Waals surface area contributed by atoms with Crippen LogP contribution in [0.25, 0.3) is 10.9 Å². The Morgan fingerprint density at radius 2 is 2.00 bits per heavy atom. The molecular formula is C23H27N5O2. The van der Waals surface area contributed by atoms with E-state index < -0.39 is 0 Å². The van der Waals surface area contributed by atoms with Crippen LogP contribution in [-0.2, 0) is 19.6 Å². The summed E-state index contributed by atoms with van der Waals surface area (Å²) in [4.78, 5) is 24.8. The summed E-state index contributed by atoms with van der Waals surface area (Å²) in [7, 11) is 0. The summed E-state index contributed by atoms with van der Waals surface area (Å²) in [5.74, 6) is 1.03. The number of piperazine rings is 1. The lowest BCUT2D eigenvalue weighted by Gasteiger charge is -2.35. The third kappa shape index (κ3) is 3.55. The molecule has 0 aliphatic carbocycles. The number of nitrogens with zero attached hydrogens (tertiary/aromatic N) is 3. The van der Waals surface area contributed by atoms with E-state index in [0.717, 1.165) is 91.2 Å². The second kappa shape index (κ2) is 8.08. The molecule has 0 amide bonds. The van der Waals surface area contributed by atoms with Crippen molar-refractivity contribution in [2.75, 3.05) is 42.9 Å². The van der Waals surface area contributed by atoms with E-state index in [4.69, 9.17) is 0 Å². The zero-order chi connectivity index (χ0) is 20.5. The Labute approximate surface area is 175 Å². The van der Waals surface area contributed by atoms with Crippen molar-refractivity contribution in [1.82, 2.24) is 14.9 Å². The molecule has 156 valence electrons. The van der Waals surface area contributed by atoms with Crippen molar-refractivity contribution in [2.24, 2.45) is 0 Å². The molecule has 3 N–H and O–H groups in total. The fourth-order valence-electron chi connectivity index (χ4n) is 4.69. The number of aliphatic hydroxyl groups excluding tert-OH is 1. The quantitative estimate of drug-likeness (QED) is 0.617. The third-order valence-electron chi connectivity index (χ3n) is 6.18. The number of anilines is 2. The second-order valence-corrected chi connectivity index (χ2v) is 8.12. The van der Waals surface area contributed by atoms with E-state index in [1.54, 1.807) is 0 Å². The van der Waals surface area contributed by atoms with E-state index in [1.165, 1.54) is 0 Å². The van der Waals surface area contributed by atoms with E-state index in [-0.39, 0.29) is 12.2 Å². The van der Waals surface area contributed by atoms with E-state index in [2.05, 4.69) is 43.3 Å². The Balaban J connectivity index is 1.38. The van der Waals surface area contributed by atoms with Gasteiger partial charge in [0.25, 0.3) is 5.56 Å². The molecule has 7 nitrogen and oxygen atoms in total. The monoisotopic (exact) mass is 405 g/mol. The first-order chi connectivity index (χ1) is 14.7. The maximum atomic E-state index is 12.6. The standard InChI is InChI=1S/C23H27N5O2/c29-15-17-12-16(13-19-21(17)22-18(23(30)26-19)4-3-7-25-22)14-27-8-10-28(11-9-27)20-5-1-2-6-24-20/h1-2,5-6,12-13,25,29H,3-4,7-11,14-15H2,(H,26,30). The highest BCUT2D eigenvalue weighted by atomic mass is 16.3. The van der Waals surface area contributed by atoms with Gasteiger partial charge in [0.05, 0.1) is 17.8 Å². The normalized spacial score (nSPS) is 17.0. The molecule has 0 atom stereocenters. The van der Waals surface area contributed by atoms with E-state index in [0.29, 0.717) is 0 Å². The number of aromatic amines is 1. The van der Waals surface area contributed by atoms with Gasteiger partial charge in [-0.15, -0.1) is 0 Å². The van der Waals surface area contributed by atoms with Gasteiger partial charge in [0.15, 0.2) is 0 Å². The topological polar surface area (TPSA) is 84.5 Å². The Hall–Kier alpha value is -2.90. The van der Waals surface area contributed by atoms with Crippen molar-refractivity contribution in [2.45, 2.75) is 26.0 Å². The Kier molecular flexibility index (Phi) is 5.14. The van der Waals surface area contributed by atoms with Gasteiger partial charge in [0.2, 0.25) is 0 Å². The van der Waals surface area contributed by atoms with Gasteiger partial charge in [-0.2, -0.15) is 0 Å². The molecular weight excluding hydrogens is 378 g/mol. The highest BCUT2D eigenvalue weighted by molar-refractivity contribution is 5.96. The number of pyridine rings is 2. The molecule has 30 heavy (non-hydrogen) atoms. The van der Waals surface area contributed by atoms with Gasteiger partial charge < -0.3 is 20.3 Å². The molecule has 0 bridgehead atoms. The maximum Gasteiger partial charge on any atom is 0.253 e. The molecule has 2 aliphatic heterocycles. The minimum absolute atomic E-state index is 0.0188. The first-order valence-electron chi connectivity index (χ1n) is 10.7. The van der Waals surface area contributed by atoms with E-state index in [9.17, 15) is 9.90 Å². The lowest BCUT2D eigenvalue weighted by atomic mass is 9.96. The molecule has 0 unspecified atom stereocenters. The lowest BCUT2D eigenvalue weighted by Crippen LogP contribution is -2.46. The number of aromatic nitrogens is 2. The minimum Gasteiger partial charge on any atom is -0.392 e. The van der Waals surface area contributed by atoms with Crippen molar-refractivity contribution in [3.8, 4) is 0 Å². The third-order valence-corrected chi connectivity index (χ3v) is 6.18. The van der Waals surface area contributed by atoms with Crippen molar-refractivity contribution in [3.63, 3.8) is 0 Å². The second-order valence-electron chi connectivity index (χ2n) is 8.12. The Morgan fingerprint density at radius 1 is 1.13 bits per heavy atom. The Morgan fingerprint density at radius 3 is 2.77 bits per heavy atom. The number of nitrogens with one attached hydrogen (secondary N) is 2. The van der Waals surface area contributed by atoms with Gasteiger partial charge in [-0.3, -0.25) is 9.69 Å². The smallest absolute Gasteiger partial charge is 0.253 e. The molecule has 2 aromatic heterocycles. The molecule has 5 rings (SSSR count). The SMILES string of the molecule is O=c1[nH]c2cc(CN3CCN(c4ccccn4)CC3)cc(CO)c2c2c1CCCN2. The van der Waals surface area contributed by atoms with Crippen molar-refractivity contribution >= 4 is 22.4 Å². The van der Waals surface area contributed by atoms with Crippen LogP contribution >= 0.6 is 0 Å². The summed E-state index contributed by atoms with van der Waals surface area (Å²) < 4.78 is 0. The summed E-state index contributed by atoms with van der Waals surface area (Å²) in [5, 5.41) is 14.4. The molecule has 3 aromatic rings. The minimum atomic E-state index is -0.0437. The van der Waals surface area contributed by atoms with Crippen LogP contribution in [-0.4, -0.2) is 52.7 Å². The number of hydrogen-bond acceptors (Lipinski definition) is 6. The van der Waals surface area contributed by atoms with Crippen LogP contribution in [0, 0.1) is 0 Å². The van der Waals surface area contributed by atoms with Crippen LogP contribution in [0.15, 0.2) is 41.3 Å². The summed E-state index contributed by atoms with van der Waals surface area (Å²) in [6, 6.07) is 10.2. The molecule has 1 fully saturated rings. The molecule has 0 radical (unpaired) electrons. The predicted molar refractivity (Wildman–Crippen MR) is 119 cm³/mol. The van der Waals surface area contributed by atoms with Crippen LogP contribution in [0.3, 0.4) is 0 Å².